The van der Waals surface area contributed by atoms with Crippen LogP contribution in [0.4, 0.5) is 0 Å². The van der Waals surface area contributed by atoms with Gasteiger partial charge in [-0.25, -0.2) is 0 Å². The fraction of sp³-hybridized carbons (Fsp3) is 0.125. The number of aliphatic hydroxyl groups excluding tert-OH is 4. The Labute approximate surface area is 227 Å². The number of rotatable bonds is 4. The van der Waals surface area contributed by atoms with Gasteiger partial charge in [0.1, 0.15) is 0 Å². The Balaban J connectivity index is 0.000000214. The molecule has 0 spiro atoms. The maximum absolute atomic E-state index is 8.93. The van der Waals surface area contributed by atoms with Gasteiger partial charge in [0, 0.05) is 21.2 Å². The second-order valence-electron chi connectivity index (χ2n) is 7.74. The fourth-order valence-electron chi connectivity index (χ4n) is 2.83. The maximum atomic E-state index is 8.93. The molecular weight excluding hydrogens is 528 g/mol. The Bertz CT molecular complexity index is 1240. The van der Waals surface area contributed by atoms with Crippen LogP contribution >= 0.6 is 15.9 Å². The Hall–Kier alpha value is -3.68. The van der Waals surface area contributed by atoms with E-state index in [9.17, 15) is 0 Å². The summed E-state index contributed by atoms with van der Waals surface area (Å²) in [5.74, 6) is 8.61. The first kappa shape index (κ1) is 29.5. The molecule has 4 rings (SSSR count). The van der Waals surface area contributed by atoms with Crippen molar-refractivity contribution >= 4 is 15.9 Å². The van der Waals surface area contributed by atoms with Crippen LogP contribution in [0.2, 0.25) is 0 Å². The molecule has 0 bridgehead atoms. The summed E-state index contributed by atoms with van der Waals surface area (Å²) >= 11 is 3.29. The molecule has 4 N–H and O–H groups in total. The molecule has 0 unspecified atom stereocenters. The molecule has 188 valence electrons. The van der Waals surface area contributed by atoms with Crippen molar-refractivity contribution in [1.29, 1.82) is 0 Å². The molecule has 0 saturated heterocycles. The zero-order valence-electron chi connectivity index (χ0n) is 20.3. The number of hydrogen-bond acceptors (Lipinski definition) is 4. The highest BCUT2D eigenvalue weighted by Gasteiger charge is 1.92. The van der Waals surface area contributed by atoms with Crippen LogP contribution in [0.5, 0.6) is 0 Å². The van der Waals surface area contributed by atoms with E-state index < -0.39 is 0 Å². The molecule has 37 heavy (non-hydrogen) atoms. The number of hydrogen-bond donors (Lipinski definition) is 4. The summed E-state index contributed by atoms with van der Waals surface area (Å²) in [7, 11) is 0. The van der Waals surface area contributed by atoms with Crippen molar-refractivity contribution in [3.63, 3.8) is 0 Å². The average Bonchev–Trinajstić information content (AvgIpc) is 2.97. The molecule has 5 heteroatoms. The summed E-state index contributed by atoms with van der Waals surface area (Å²) in [6, 6.07) is 29.8. The quantitative estimate of drug-likeness (QED) is 0.261. The lowest BCUT2D eigenvalue weighted by Gasteiger charge is -1.96. The van der Waals surface area contributed by atoms with E-state index in [4.69, 9.17) is 26.8 Å². The van der Waals surface area contributed by atoms with E-state index >= 15 is 0 Å². The summed E-state index contributed by atoms with van der Waals surface area (Å²) < 4.78 is 1.04. The standard InChI is InChI=1S/C16H14O2.C9H8O.C7H7BrO/c17-11-15-7-3-13(4-8-15)1-2-14-5-9-16(12-18)10-6-14;1-2-8-3-5-9(7-10)6-4-8;8-7-3-1-6(5-9)2-4-7/h3-10,17-18H,11-12H2;1,3-6,10H,7H2;1-4,9H,5H2. The van der Waals surface area contributed by atoms with E-state index in [1.165, 1.54) is 0 Å². The van der Waals surface area contributed by atoms with Gasteiger partial charge in [-0.05, 0) is 70.8 Å². The lowest BCUT2D eigenvalue weighted by atomic mass is 10.1. The fourth-order valence-corrected chi connectivity index (χ4v) is 3.09. The number of aliphatic hydroxyl groups is 4. The molecule has 0 radical (unpaired) electrons. The SMILES string of the molecule is C#Cc1ccc(CO)cc1.OCc1ccc(Br)cc1.OCc1ccc(C#Cc2ccc(CO)cc2)cc1. The molecule has 0 aliphatic rings. The van der Waals surface area contributed by atoms with Crippen molar-refractivity contribution in [2.24, 2.45) is 0 Å². The van der Waals surface area contributed by atoms with Crippen LogP contribution in [-0.4, -0.2) is 20.4 Å². The summed E-state index contributed by atoms with van der Waals surface area (Å²) in [6.07, 6.45) is 5.13. The third-order valence-electron chi connectivity index (χ3n) is 5.02. The van der Waals surface area contributed by atoms with Crippen LogP contribution < -0.4 is 0 Å². The molecule has 0 amide bonds. The summed E-state index contributed by atoms with van der Waals surface area (Å²) in [5.41, 5.74) is 6.27. The molecule has 0 heterocycles. The Kier molecular flexibility index (Phi) is 13.5. The Morgan fingerprint density at radius 1 is 0.459 bits per heavy atom. The van der Waals surface area contributed by atoms with E-state index in [0.717, 1.165) is 43.4 Å². The zero-order valence-corrected chi connectivity index (χ0v) is 21.9. The van der Waals surface area contributed by atoms with Crippen molar-refractivity contribution in [3.8, 4) is 24.2 Å². The maximum Gasteiger partial charge on any atom is 0.0681 e. The molecule has 0 fully saturated rings. The highest BCUT2D eigenvalue weighted by Crippen LogP contribution is 2.10. The average molecular weight is 557 g/mol. The van der Waals surface area contributed by atoms with Gasteiger partial charge in [0.15, 0.2) is 0 Å². The molecule has 4 aromatic carbocycles. The third-order valence-corrected chi connectivity index (χ3v) is 5.55. The molecule has 0 aliphatic heterocycles. The first-order valence-corrected chi connectivity index (χ1v) is 12.2. The second-order valence-corrected chi connectivity index (χ2v) is 8.66. The first-order chi connectivity index (χ1) is 18.0. The zero-order chi connectivity index (χ0) is 26.9. The van der Waals surface area contributed by atoms with E-state index in [2.05, 4.69) is 33.7 Å². The smallest absolute Gasteiger partial charge is 0.0681 e. The molecular formula is C32H29BrO4. The van der Waals surface area contributed by atoms with Gasteiger partial charge in [0.05, 0.1) is 26.4 Å². The third kappa shape index (κ3) is 11.3. The number of terminal acetylenes is 1. The van der Waals surface area contributed by atoms with Crippen LogP contribution in [0, 0.1) is 24.2 Å². The van der Waals surface area contributed by atoms with Crippen LogP contribution in [0.25, 0.3) is 0 Å². The van der Waals surface area contributed by atoms with Gasteiger partial charge in [0.2, 0.25) is 0 Å². The van der Waals surface area contributed by atoms with Gasteiger partial charge in [-0.3, -0.25) is 0 Å². The monoisotopic (exact) mass is 556 g/mol. The second kappa shape index (κ2) is 16.9. The van der Waals surface area contributed by atoms with Crippen molar-refractivity contribution in [2.45, 2.75) is 26.4 Å². The molecule has 4 nitrogen and oxygen atoms in total. The van der Waals surface area contributed by atoms with Gasteiger partial charge in [0.25, 0.3) is 0 Å². The molecule has 0 aliphatic carbocycles. The van der Waals surface area contributed by atoms with Crippen LogP contribution in [0.3, 0.4) is 0 Å². The number of halogens is 1. The molecule has 0 atom stereocenters. The topological polar surface area (TPSA) is 80.9 Å². The van der Waals surface area contributed by atoms with Gasteiger partial charge < -0.3 is 20.4 Å². The van der Waals surface area contributed by atoms with Crippen molar-refractivity contribution in [2.75, 3.05) is 0 Å². The van der Waals surface area contributed by atoms with Crippen molar-refractivity contribution in [1.82, 2.24) is 0 Å². The van der Waals surface area contributed by atoms with Gasteiger partial charge in [-0.1, -0.05) is 82.2 Å². The minimum atomic E-state index is 0.0519. The Morgan fingerprint density at radius 3 is 1.00 bits per heavy atom. The molecule has 0 aromatic heterocycles. The van der Waals surface area contributed by atoms with Gasteiger partial charge in [-0.15, -0.1) is 6.42 Å². The van der Waals surface area contributed by atoms with E-state index in [1.807, 2.05) is 97.1 Å². The molecule has 0 saturated carbocycles. The van der Waals surface area contributed by atoms with Gasteiger partial charge in [-0.2, -0.15) is 0 Å². The summed E-state index contributed by atoms with van der Waals surface area (Å²) in [6.45, 7) is 0.296. The highest BCUT2D eigenvalue weighted by atomic mass is 79.9. The van der Waals surface area contributed by atoms with Gasteiger partial charge >= 0.3 is 0 Å². The normalized spacial score (nSPS) is 9.41. The lowest BCUT2D eigenvalue weighted by Crippen LogP contribution is -1.83. The first-order valence-electron chi connectivity index (χ1n) is 11.4. The van der Waals surface area contributed by atoms with E-state index in [-0.39, 0.29) is 26.4 Å². The molecule has 4 aromatic rings. The highest BCUT2D eigenvalue weighted by molar-refractivity contribution is 9.10. The van der Waals surface area contributed by atoms with Crippen molar-refractivity contribution in [3.05, 3.63) is 140 Å². The minimum Gasteiger partial charge on any atom is -0.392 e. The summed E-state index contributed by atoms with van der Waals surface area (Å²) in [5, 5.41) is 35.1. The van der Waals surface area contributed by atoms with E-state index in [0.29, 0.717) is 0 Å². The summed E-state index contributed by atoms with van der Waals surface area (Å²) in [4.78, 5) is 0. The predicted octanol–water partition coefficient (Wildman–Crippen LogP) is 5.17. The van der Waals surface area contributed by atoms with Crippen LogP contribution in [0.1, 0.15) is 38.9 Å². The minimum absolute atomic E-state index is 0.0519. The Morgan fingerprint density at radius 2 is 0.730 bits per heavy atom. The largest absolute Gasteiger partial charge is 0.392 e. The van der Waals surface area contributed by atoms with E-state index in [1.54, 1.807) is 0 Å². The number of benzene rings is 4. The van der Waals surface area contributed by atoms with Crippen LogP contribution in [-0.2, 0) is 26.4 Å². The van der Waals surface area contributed by atoms with Crippen molar-refractivity contribution < 1.29 is 20.4 Å². The lowest BCUT2D eigenvalue weighted by molar-refractivity contribution is 0.281. The van der Waals surface area contributed by atoms with Crippen LogP contribution in [0.15, 0.2) is 102 Å². The predicted molar refractivity (Wildman–Crippen MR) is 151 cm³/mol.